The van der Waals surface area contributed by atoms with E-state index in [0.717, 1.165) is 66.1 Å². The molecule has 0 spiro atoms. The molecule has 2 aromatic carbocycles. The van der Waals surface area contributed by atoms with Crippen molar-refractivity contribution in [3.8, 4) is 17.1 Å². The number of benzene rings is 2. The molecule has 2 saturated heterocycles. The van der Waals surface area contributed by atoms with Crippen LogP contribution in [0.1, 0.15) is 24.0 Å². The molecule has 1 N–H and O–H groups in total. The van der Waals surface area contributed by atoms with E-state index in [1.54, 1.807) is 13.3 Å². The molecule has 41 heavy (non-hydrogen) atoms. The average molecular weight is 553 g/mol. The van der Waals surface area contributed by atoms with Gasteiger partial charge < -0.3 is 23.9 Å². The molecular weight excluding hydrogens is 520 g/mol. The number of methoxy groups -OCH3 is 1. The molecule has 210 valence electrons. The van der Waals surface area contributed by atoms with Gasteiger partial charge in [-0.3, -0.25) is 9.69 Å². The normalized spacial score (nSPS) is 19.8. The minimum Gasteiger partial charge on any atom is -0.480 e. The number of piperazine rings is 1. The highest BCUT2D eigenvalue weighted by atomic mass is 16.5. The lowest BCUT2D eigenvalue weighted by Crippen LogP contribution is -2.52. The molecule has 0 bridgehead atoms. The summed E-state index contributed by atoms with van der Waals surface area (Å²) < 4.78 is 16.7. The fourth-order valence-corrected chi connectivity index (χ4v) is 6.03. The Labute approximate surface area is 237 Å². The average Bonchev–Trinajstić information content (AvgIpc) is 3.79. The highest BCUT2D eigenvalue weighted by Crippen LogP contribution is 2.33. The summed E-state index contributed by atoms with van der Waals surface area (Å²) in [6.07, 6.45) is 3.05. The standard InChI is InChI=1S/C31H32N6O4/c1-39-31-23(14-21-6-2-4-8-24(21)34-31)26-16-32-30(33-26)27-18-36(17-20-10-13-40-19-20)11-12-37(27)29(38)15-25-22-7-3-5-9-28(22)41-35-25/h2-9,14,16,20,27H,10-13,15,17-19H2,1H3,(H,32,33). The summed E-state index contributed by atoms with van der Waals surface area (Å²) in [6.45, 7) is 4.65. The van der Waals surface area contributed by atoms with Gasteiger partial charge in [0.1, 0.15) is 17.6 Å². The maximum Gasteiger partial charge on any atom is 0.229 e. The van der Waals surface area contributed by atoms with Crippen molar-refractivity contribution in [3.63, 3.8) is 0 Å². The minimum absolute atomic E-state index is 0.000746. The van der Waals surface area contributed by atoms with Gasteiger partial charge in [0.2, 0.25) is 11.8 Å². The van der Waals surface area contributed by atoms with Crippen LogP contribution in [0.4, 0.5) is 0 Å². The monoisotopic (exact) mass is 552 g/mol. The zero-order chi connectivity index (χ0) is 27.8. The summed E-state index contributed by atoms with van der Waals surface area (Å²) >= 11 is 0. The van der Waals surface area contributed by atoms with Crippen molar-refractivity contribution in [2.24, 2.45) is 5.92 Å². The molecule has 5 heterocycles. The number of nitrogens with zero attached hydrogens (tertiary/aromatic N) is 5. The van der Waals surface area contributed by atoms with E-state index in [2.05, 4.69) is 21.1 Å². The van der Waals surface area contributed by atoms with Crippen molar-refractivity contribution >= 4 is 27.8 Å². The maximum atomic E-state index is 13.8. The lowest BCUT2D eigenvalue weighted by atomic mass is 10.0. The second kappa shape index (κ2) is 10.9. The third-order valence-corrected chi connectivity index (χ3v) is 8.18. The molecule has 10 heteroatoms. The number of carbonyl (C=O) groups excluding carboxylic acids is 1. The number of carbonyl (C=O) groups is 1. The van der Waals surface area contributed by atoms with E-state index < -0.39 is 0 Å². The van der Waals surface area contributed by atoms with E-state index in [1.165, 1.54) is 0 Å². The zero-order valence-corrected chi connectivity index (χ0v) is 23.0. The molecule has 0 aliphatic carbocycles. The number of pyridine rings is 1. The molecule has 2 aliphatic heterocycles. The first-order chi connectivity index (χ1) is 20.2. The number of rotatable bonds is 7. The van der Waals surface area contributed by atoms with E-state index in [4.69, 9.17) is 24.0 Å². The van der Waals surface area contributed by atoms with Crippen LogP contribution >= 0.6 is 0 Å². The van der Waals surface area contributed by atoms with Crippen molar-refractivity contribution in [2.45, 2.75) is 18.9 Å². The first-order valence-corrected chi connectivity index (χ1v) is 14.1. The number of imidazole rings is 1. The van der Waals surface area contributed by atoms with Crippen molar-refractivity contribution in [1.82, 2.24) is 29.9 Å². The van der Waals surface area contributed by atoms with Crippen LogP contribution in [0.25, 0.3) is 33.1 Å². The number of nitrogens with one attached hydrogen (secondary N) is 1. The summed E-state index contributed by atoms with van der Waals surface area (Å²) in [6, 6.07) is 17.4. The molecule has 2 atom stereocenters. The Balaban J connectivity index is 1.19. The number of fused-ring (bicyclic) bond motifs is 2. The van der Waals surface area contributed by atoms with Crippen LogP contribution in [-0.2, 0) is 16.0 Å². The number of aromatic amines is 1. The van der Waals surface area contributed by atoms with Crippen LogP contribution in [-0.4, -0.2) is 82.3 Å². The number of H-pyrrole nitrogens is 1. The van der Waals surface area contributed by atoms with Crippen molar-refractivity contribution in [1.29, 1.82) is 0 Å². The molecule has 10 nitrogen and oxygen atoms in total. The third kappa shape index (κ3) is 5.05. The molecular formula is C31H32N6O4. The number of hydrogen-bond donors (Lipinski definition) is 1. The molecule has 1 amide bonds. The van der Waals surface area contributed by atoms with E-state index in [1.807, 2.05) is 53.4 Å². The minimum atomic E-state index is -0.245. The van der Waals surface area contributed by atoms with Gasteiger partial charge in [0.05, 0.1) is 43.1 Å². The van der Waals surface area contributed by atoms with Gasteiger partial charge in [-0.25, -0.2) is 9.97 Å². The summed E-state index contributed by atoms with van der Waals surface area (Å²) in [5, 5.41) is 6.09. The van der Waals surface area contributed by atoms with Crippen LogP contribution in [0.3, 0.4) is 0 Å². The zero-order valence-electron chi connectivity index (χ0n) is 23.0. The number of aromatic nitrogens is 4. The summed E-state index contributed by atoms with van der Waals surface area (Å²) in [4.78, 5) is 31.2. The van der Waals surface area contributed by atoms with Gasteiger partial charge >= 0.3 is 0 Å². The Morgan fingerprint density at radius 2 is 2.02 bits per heavy atom. The predicted octanol–water partition coefficient (Wildman–Crippen LogP) is 4.24. The Morgan fingerprint density at radius 1 is 1.15 bits per heavy atom. The lowest BCUT2D eigenvalue weighted by molar-refractivity contribution is -0.136. The quantitative estimate of drug-likeness (QED) is 0.319. The molecule has 0 radical (unpaired) electrons. The fraction of sp³-hybridized carbons (Fsp3) is 0.355. The van der Waals surface area contributed by atoms with E-state index in [-0.39, 0.29) is 18.4 Å². The van der Waals surface area contributed by atoms with Crippen molar-refractivity contribution in [2.75, 3.05) is 46.5 Å². The van der Waals surface area contributed by atoms with Gasteiger partial charge in [0.25, 0.3) is 0 Å². The summed E-state index contributed by atoms with van der Waals surface area (Å²) in [5.74, 6) is 1.78. The highest BCUT2D eigenvalue weighted by molar-refractivity contribution is 5.87. The largest absolute Gasteiger partial charge is 0.480 e. The fourth-order valence-electron chi connectivity index (χ4n) is 6.03. The Hall–Kier alpha value is -4.28. The van der Waals surface area contributed by atoms with Gasteiger partial charge in [-0.1, -0.05) is 35.5 Å². The van der Waals surface area contributed by atoms with Gasteiger partial charge in [-0.05, 0) is 36.6 Å². The second-order valence-corrected chi connectivity index (χ2v) is 10.8. The molecule has 3 aromatic heterocycles. The molecule has 7 rings (SSSR count). The molecule has 2 unspecified atom stereocenters. The number of para-hydroxylation sites is 2. The summed E-state index contributed by atoms with van der Waals surface area (Å²) in [7, 11) is 1.62. The topological polar surface area (TPSA) is 110 Å². The van der Waals surface area contributed by atoms with Crippen LogP contribution in [0, 0.1) is 5.92 Å². The van der Waals surface area contributed by atoms with Crippen molar-refractivity contribution in [3.05, 3.63) is 72.3 Å². The predicted molar refractivity (Wildman–Crippen MR) is 153 cm³/mol. The van der Waals surface area contributed by atoms with Crippen LogP contribution in [0.15, 0.2) is 65.3 Å². The maximum absolute atomic E-state index is 13.8. The smallest absolute Gasteiger partial charge is 0.229 e. The molecule has 2 fully saturated rings. The van der Waals surface area contributed by atoms with E-state index >= 15 is 0 Å². The Kier molecular flexibility index (Phi) is 6.85. The second-order valence-electron chi connectivity index (χ2n) is 10.8. The number of hydrogen-bond acceptors (Lipinski definition) is 8. The SMILES string of the molecule is COc1nc2ccccc2cc1-c1cnc(C2CN(CC3CCOC3)CCN2C(=O)Cc2noc3ccccc23)[nH]1. The van der Waals surface area contributed by atoms with Gasteiger partial charge in [-0.15, -0.1) is 0 Å². The molecule has 2 aliphatic rings. The number of amides is 1. The van der Waals surface area contributed by atoms with Crippen LogP contribution in [0.2, 0.25) is 0 Å². The third-order valence-electron chi connectivity index (χ3n) is 8.18. The highest BCUT2D eigenvalue weighted by Gasteiger charge is 2.35. The summed E-state index contributed by atoms with van der Waals surface area (Å²) in [5.41, 5.74) is 3.83. The first kappa shape index (κ1) is 25.7. The van der Waals surface area contributed by atoms with Gasteiger partial charge in [-0.2, -0.15) is 0 Å². The lowest BCUT2D eigenvalue weighted by Gasteiger charge is -2.41. The van der Waals surface area contributed by atoms with Crippen LogP contribution in [0.5, 0.6) is 5.88 Å². The van der Waals surface area contributed by atoms with Gasteiger partial charge in [0.15, 0.2) is 5.58 Å². The van der Waals surface area contributed by atoms with Crippen molar-refractivity contribution < 1.29 is 18.8 Å². The Morgan fingerprint density at radius 3 is 2.90 bits per heavy atom. The molecule has 0 saturated carbocycles. The number of ether oxygens (including phenoxy) is 2. The van der Waals surface area contributed by atoms with Gasteiger partial charge in [0, 0.05) is 43.6 Å². The van der Waals surface area contributed by atoms with E-state index in [0.29, 0.717) is 36.2 Å². The molecule has 5 aromatic rings. The van der Waals surface area contributed by atoms with Crippen LogP contribution < -0.4 is 4.74 Å². The van der Waals surface area contributed by atoms with E-state index in [9.17, 15) is 4.79 Å². The Bertz CT molecular complexity index is 1690. The first-order valence-electron chi connectivity index (χ1n) is 14.1.